The van der Waals surface area contributed by atoms with Crippen molar-refractivity contribution in [2.45, 2.75) is 51.3 Å². The van der Waals surface area contributed by atoms with E-state index in [0.717, 1.165) is 0 Å². The Bertz CT molecular complexity index is 176. The SMILES string of the molecule is C[Si](C)OC(/C=C/Cl)C1CCCCC1. The maximum atomic E-state index is 5.96. The number of halogens is 1. The van der Waals surface area contributed by atoms with E-state index in [1.165, 1.54) is 32.1 Å². The lowest BCUT2D eigenvalue weighted by molar-refractivity contribution is 0.148. The van der Waals surface area contributed by atoms with Crippen LogP contribution in [0, 0.1) is 5.92 Å². The second kappa shape index (κ2) is 6.65. The third-order valence-electron chi connectivity index (χ3n) is 2.75. The molecular weight excluding hydrogens is 212 g/mol. The Labute approximate surface area is 94.2 Å². The molecule has 1 nitrogen and oxygen atoms in total. The van der Waals surface area contributed by atoms with E-state index in [1.807, 2.05) is 6.08 Å². The second-order valence-electron chi connectivity index (χ2n) is 4.21. The van der Waals surface area contributed by atoms with Gasteiger partial charge < -0.3 is 4.43 Å². The molecule has 0 spiro atoms. The molecular formula is C11H20ClOSi. The lowest BCUT2D eigenvalue weighted by atomic mass is 9.85. The number of rotatable bonds is 4. The van der Waals surface area contributed by atoms with Gasteiger partial charge in [0, 0.05) is 5.54 Å². The fourth-order valence-electron chi connectivity index (χ4n) is 2.10. The zero-order valence-corrected chi connectivity index (χ0v) is 10.9. The van der Waals surface area contributed by atoms with Gasteiger partial charge in [0.05, 0.1) is 6.10 Å². The van der Waals surface area contributed by atoms with Crippen LogP contribution >= 0.6 is 11.6 Å². The predicted molar refractivity (Wildman–Crippen MR) is 63.9 cm³/mol. The fraction of sp³-hybridized carbons (Fsp3) is 0.818. The molecule has 1 rings (SSSR count). The zero-order chi connectivity index (χ0) is 10.4. The summed E-state index contributed by atoms with van der Waals surface area (Å²) >= 11 is 5.65. The van der Waals surface area contributed by atoms with Crippen LogP contribution in [0.15, 0.2) is 11.6 Å². The van der Waals surface area contributed by atoms with Gasteiger partial charge >= 0.3 is 0 Å². The first-order chi connectivity index (χ1) is 6.74. The molecule has 0 saturated heterocycles. The van der Waals surface area contributed by atoms with Crippen LogP contribution in [0.1, 0.15) is 32.1 Å². The van der Waals surface area contributed by atoms with Gasteiger partial charge in [-0.15, -0.1) is 0 Å². The first kappa shape index (κ1) is 12.3. The predicted octanol–water partition coefficient (Wildman–Crippen LogP) is 3.96. The highest BCUT2D eigenvalue weighted by Gasteiger charge is 2.22. The summed E-state index contributed by atoms with van der Waals surface area (Å²) in [5, 5.41) is 0. The third kappa shape index (κ3) is 4.16. The van der Waals surface area contributed by atoms with E-state index in [0.29, 0.717) is 5.92 Å². The molecule has 0 N–H and O–H groups in total. The van der Waals surface area contributed by atoms with Crippen LogP contribution < -0.4 is 0 Å². The zero-order valence-electron chi connectivity index (χ0n) is 9.13. The molecule has 1 atom stereocenters. The summed E-state index contributed by atoms with van der Waals surface area (Å²) in [4.78, 5) is 0. The van der Waals surface area contributed by atoms with Gasteiger partial charge in [0.2, 0.25) is 9.04 Å². The van der Waals surface area contributed by atoms with E-state index >= 15 is 0 Å². The smallest absolute Gasteiger partial charge is 0.205 e. The van der Waals surface area contributed by atoms with E-state index in [1.54, 1.807) is 5.54 Å². The third-order valence-corrected chi connectivity index (χ3v) is 3.64. The van der Waals surface area contributed by atoms with Crippen molar-refractivity contribution in [2.75, 3.05) is 0 Å². The van der Waals surface area contributed by atoms with E-state index in [-0.39, 0.29) is 6.10 Å². The van der Waals surface area contributed by atoms with Gasteiger partial charge in [-0.2, -0.15) is 0 Å². The lowest BCUT2D eigenvalue weighted by Gasteiger charge is -2.29. The molecule has 0 aromatic heterocycles. The van der Waals surface area contributed by atoms with Crippen molar-refractivity contribution in [2.24, 2.45) is 5.92 Å². The maximum Gasteiger partial charge on any atom is 0.205 e. The molecule has 1 aliphatic carbocycles. The average molecular weight is 232 g/mol. The molecule has 1 radical (unpaired) electrons. The van der Waals surface area contributed by atoms with E-state index in [4.69, 9.17) is 16.0 Å². The van der Waals surface area contributed by atoms with Crippen LogP contribution in [0.3, 0.4) is 0 Å². The summed E-state index contributed by atoms with van der Waals surface area (Å²) in [6.45, 7) is 4.37. The average Bonchev–Trinajstić information content (AvgIpc) is 2.18. The van der Waals surface area contributed by atoms with Crippen LogP contribution in [0.25, 0.3) is 0 Å². The highest BCUT2D eigenvalue weighted by molar-refractivity contribution is 6.48. The minimum Gasteiger partial charge on any atom is -0.411 e. The quantitative estimate of drug-likeness (QED) is 0.666. The molecule has 0 aliphatic heterocycles. The monoisotopic (exact) mass is 231 g/mol. The molecule has 0 amide bonds. The van der Waals surface area contributed by atoms with Crippen molar-refractivity contribution in [1.29, 1.82) is 0 Å². The first-order valence-corrected chi connectivity index (χ1v) is 8.32. The maximum absolute atomic E-state index is 5.96. The van der Waals surface area contributed by atoms with Crippen molar-refractivity contribution in [1.82, 2.24) is 0 Å². The summed E-state index contributed by atoms with van der Waals surface area (Å²) in [6.07, 6.45) is 9.02. The molecule has 0 heterocycles. The van der Waals surface area contributed by atoms with Gasteiger partial charge in [-0.05, 0) is 37.9 Å². The van der Waals surface area contributed by atoms with Crippen molar-refractivity contribution in [3.63, 3.8) is 0 Å². The molecule has 0 aromatic carbocycles. The number of hydrogen-bond donors (Lipinski definition) is 0. The van der Waals surface area contributed by atoms with Gasteiger partial charge in [-0.3, -0.25) is 0 Å². The Kier molecular flexibility index (Phi) is 5.83. The van der Waals surface area contributed by atoms with Crippen LogP contribution in [0.5, 0.6) is 0 Å². The number of hydrogen-bond acceptors (Lipinski definition) is 1. The van der Waals surface area contributed by atoms with Crippen LogP contribution in [0.4, 0.5) is 0 Å². The lowest BCUT2D eigenvalue weighted by Crippen LogP contribution is -2.28. The topological polar surface area (TPSA) is 9.23 Å². The molecule has 0 bridgehead atoms. The van der Waals surface area contributed by atoms with E-state index < -0.39 is 9.04 Å². The Morgan fingerprint density at radius 3 is 2.43 bits per heavy atom. The molecule has 0 aromatic rings. The fourth-order valence-corrected chi connectivity index (χ4v) is 3.06. The second-order valence-corrected chi connectivity index (χ2v) is 6.51. The standard InChI is InChI=1S/C11H20ClOSi/c1-14(2)13-11(8-9-12)10-6-4-3-5-7-10/h8-11H,3-7H2,1-2H3/b9-8+. The van der Waals surface area contributed by atoms with Crippen molar-refractivity contribution in [3.8, 4) is 0 Å². The molecule has 1 unspecified atom stereocenters. The van der Waals surface area contributed by atoms with E-state index in [2.05, 4.69) is 13.1 Å². The van der Waals surface area contributed by atoms with Gasteiger partial charge in [0.25, 0.3) is 0 Å². The highest BCUT2D eigenvalue weighted by Crippen LogP contribution is 2.29. The van der Waals surface area contributed by atoms with E-state index in [9.17, 15) is 0 Å². The Morgan fingerprint density at radius 2 is 1.93 bits per heavy atom. The van der Waals surface area contributed by atoms with Crippen LogP contribution in [0.2, 0.25) is 13.1 Å². The Hall–Kier alpha value is 0.207. The Balaban J connectivity index is 2.46. The summed E-state index contributed by atoms with van der Waals surface area (Å²) in [6, 6.07) is 0. The normalized spacial score (nSPS) is 22.0. The molecule has 1 aliphatic rings. The van der Waals surface area contributed by atoms with Crippen molar-refractivity contribution >= 4 is 20.6 Å². The van der Waals surface area contributed by atoms with Crippen molar-refractivity contribution in [3.05, 3.63) is 11.6 Å². The molecule has 1 saturated carbocycles. The van der Waals surface area contributed by atoms with Gasteiger partial charge in [-0.25, -0.2) is 0 Å². The Morgan fingerprint density at radius 1 is 1.29 bits per heavy atom. The van der Waals surface area contributed by atoms with Gasteiger partial charge in [-0.1, -0.05) is 30.9 Å². The molecule has 1 fully saturated rings. The minimum absolute atomic E-state index is 0.275. The summed E-state index contributed by atoms with van der Waals surface area (Å²) < 4.78 is 5.96. The van der Waals surface area contributed by atoms with Crippen molar-refractivity contribution < 1.29 is 4.43 Å². The first-order valence-electron chi connectivity index (χ1n) is 5.47. The molecule has 3 heteroatoms. The minimum atomic E-state index is -0.613. The molecule has 14 heavy (non-hydrogen) atoms. The van der Waals surface area contributed by atoms with Gasteiger partial charge in [0.15, 0.2) is 0 Å². The molecule has 81 valence electrons. The van der Waals surface area contributed by atoms with Crippen LogP contribution in [-0.4, -0.2) is 15.1 Å². The summed E-state index contributed by atoms with van der Waals surface area (Å²) in [5.41, 5.74) is 1.62. The largest absolute Gasteiger partial charge is 0.411 e. The summed E-state index contributed by atoms with van der Waals surface area (Å²) in [5.74, 6) is 0.707. The van der Waals surface area contributed by atoms with Crippen LogP contribution in [-0.2, 0) is 4.43 Å². The van der Waals surface area contributed by atoms with Gasteiger partial charge in [0.1, 0.15) is 0 Å². The highest BCUT2D eigenvalue weighted by atomic mass is 35.5. The summed E-state index contributed by atoms with van der Waals surface area (Å²) in [7, 11) is -0.613.